The normalized spacial score (nSPS) is 14.7. The van der Waals surface area contributed by atoms with Crippen LogP contribution in [0.3, 0.4) is 0 Å². The number of carbonyl (C=O) groups is 2. The fraction of sp³-hybridized carbons (Fsp3) is 0.394. The fourth-order valence-corrected chi connectivity index (χ4v) is 6.50. The molecule has 9 heteroatoms. The molecule has 0 unspecified atom stereocenters. The molecule has 1 saturated carbocycles. The van der Waals surface area contributed by atoms with E-state index in [1.807, 2.05) is 43.3 Å². The Bertz CT molecular complexity index is 1490. The maximum absolute atomic E-state index is 14.9. The summed E-state index contributed by atoms with van der Waals surface area (Å²) in [5.41, 5.74) is 3.12. The van der Waals surface area contributed by atoms with Crippen LogP contribution in [0.4, 0.5) is 10.1 Å². The molecule has 0 saturated heterocycles. The first kappa shape index (κ1) is 31.2. The summed E-state index contributed by atoms with van der Waals surface area (Å²) in [5, 5.41) is 3.15. The Hall–Kier alpha value is -3.72. The molecular weight excluding hydrogens is 553 g/mol. The van der Waals surface area contributed by atoms with Gasteiger partial charge in [0.15, 0.2) is 0 Å². The predicted molar refractivity (Wildman–Crippen MR) is 164 cm³/mol. The van der Waals surface area contributed by atoms with Gasteiger partial charge in [0.05, 0.1) is 11.9 Å². The van der Waals surface area contributed by atoms with Gasteiger partial charge in [0.2, 0.25) is 21.8 Å². The Morgan fingerprint density at radius 1 is 0.952 bits per heavy atom. The molecule has 42 heavy (non-hydrogen) atoms. The van der Waals surface area contributed by atoms with Crippen LogP contribution in [-0.4, -0.2) is 50.0 Å². The van der Waals surface area contributed by atoms with E-state index >= 15 is 0 Å². The summed E-state index contributed by atoms with van der Waals surface area (Å²) in [4.78, 5) is 29.5. The van der Waals surface area contributed by atoms with Gasteiger partial charge in [0.25, 0.3) is 0 Å². The van der Waals surface area contributed by atoms with Gasteiger partial charge in [-0.3, -0.25) is 13.9 Å². The first-order valence-electron chi connectivity index (χ1n) is 14.4. The highest BCUT2D eigenvalue weighted by atomic mass is 32.2. The summed E-state index contributed by atoms with van der Waals surface area (Å²) in [5.74, 6) is -1.42. The van der Waals surface area contributed by atoms with E-state index in [9.17, 15) is 22.4 Å². The molecule has 0 radical (unpaired) electrons. The lowest BCUT2D eigenvalue weighted by Crippen LogP contribution is -2.55. The van der Waals surface area contributed by atoms with E-state index in [0.29, 0.717) is 11.3 Å². The summed E-state index contributed by atoms with van der Waals surface area (Å²) < 4.78 is 42.0. The highest BCUT2D eigenvalue weighted by Crippen LogP contribution is 2.25. The molecule has 1 N–H and O–H groups in total. The SMILES string of the molecule is Cc1ccc(N(CC(=O)N(Cc2ccccc2F)[C@@H](Cc2ccccc2)C(=O)NC2CCCCC2)S(C)(=O)=O)c(C)c1. The molecule has 1 fully saturated rings. The smallest absolute Gasteiger partial charge is 0.244 e. The standard InChI is InChI=1S/C33H40FN3O4S/c1-24-18-19-30(25(2)20-24)37(42(3,40)41)23-32(38)36(22-27-14-10-11-17-29(27)34)31(21-26-12-6-4-7-13-26)33(39)35-28-15-8-5-9-16-28/h4,6-7,10-14,17-20,28,31H,5,8-9,15-16,21-23H2,1-3H3,(H,35,39)/t31-/m0/s1. The van der Waals surface area contributed by atoms with Crippen molar-refractivity contribution in [2.75, 3.05) is 17.1 Å². The largest absolute Gasteiger partial charge is 0.352 e. The number of carbonyl (C=O) groups excluding carboxylic acids is 2. The van der Waals surface area contributed by atoms with Gasteiger partial charge in [-0.2, -0.15) is 0 Å². The zero-order chi connectivity index (χ0) is 30.3. The summed E-state index contributed by atoms with van der Waals surface area (Å²) in [7, 11) is -3.88. The lowest BCUT2D eigenvalue weighted by molar-refractivity contribution is -0.140. The molecule has 0 heterocycles. The zero-order valence-electron chi connectivity index (χ0n) is 24.6. The van der Waals surface area contributed by atoms with Crippen LogP contribution in [0, 0.1) is 19.7 Å². The topological polar surface area (TPSA) is 86.8 Å². The predicted octanol–water partition coefficient (Wildman–Crippen LogP) is 5.30. The number of hydrogen-bond acceptors (Lipinski definition) is 4. The third kappa shape index (κ3) is 8.18. The van der Waals surface area contributed by atoms with Crippen molar-refractivity contribution in [1.82, 2.24) is 10.2 Å². The van der Waals surface area contributed by atoms with Gasteiger partial charge in [0, 0.05) is 24.6 Å². The van der Waals surface area contributed by atoms with Gasteiger partial charge in [-0.15, -0.1) is 0 Å². The number of anilines is 1. The van der Waals surface area contributed by atoms with E-state index < -0.39 is 34.3 Å². The highest BCUT2D eigenvalue weighted by molar-refractivity contribution is 7.92. The van der Waals surface area contributed by atoms with Crippen LogP contribution >= 0.6 is 0 Å². The van der Waals surface area contributed by atoms with Gasteiger partial charge in [-0.1, -0.05) is 85.5 Å². The minimum atomic E-state index is -3.88. The molecule has 0 aromatic heterocycles. The third-order valence-electron chi connectivity index (χ3n) is 7.82. The van der Waals surface area contributed by atoms with Crippen molar-refractivity contribution in [2.24, 2.45) is 0 Å². The summed E-state index contributed by atoms with van der Waals surface area (Å²) in [6.45, 7) is 2.98. The Balaban J connectivity index is 1.74. The van der Waals surface area contributed by atoms with Crippen LogP contribution in [0.15, 0.2) is 72.8 Å². The van der Waals surface area contributed by atoms with Crippen LogP contribution in [0.5, 0.6) is 0 Å². The van der Waals surface area contributed by atoms with Gasteiger partial charge < -0.3 is 10.2 Å². The second-order valence-electron chi connectivity index (χ2n) is 11.2. The molecule has 0 spiro atoms. The molecule has 7 nitrogen and oxygen atoms in total. The summed E-state index contributed by atoms with van der Waals surface area (Å²) >= 11 is 0. The molecule has 3 aromatic carbocycles. The Labute approximate surface area is 248 Å². The molecule has 1 aliphatic rings. The second-order valence-corrected chi connectivity index (χ2v) is 13.1. The molecule has 0 bridgehead atoms. The van der Waals surface area contributed by atoms with Crippen molar-refractivity contribution in [2.45, 2.75) is 71.0 Å². The first-order chi connectivity index (χ1) is 20.0. The van der Waals surface area contributed by atoms with Crippen molar-refractivity contribution in [3.63, 3.8) is 0 Å². The van der Waals surface area contributed by atoms with Crippen LogP contribution < -0.4 is 9.62 Å². The summed E-state index contributed by atoms with van der Waals surface area (Å²) in [6, 6.07) is 19.8. The van der Waals surface area contributed by atoms with E-state index in [4.69, 9.17) is 0 Å². The van der Waals surface area contributed by atoms with Crippen LogP contribution in [0.1, 0.15) is 54.4 Å². The number of nitrogens with one attached hydrogen (secondary N) is 1. The first-order valence-corrected chi connectivity index (χ1v) is 16.3. The number of sulfonamides is 1. The minimum Gasteiger partial charge on any atom is -0.352 e. The van der Waals surface area contributed by atoms with Gasteiger partial charge in [-0.25, -0.2) is 12.8 Å². The quantitative estimate of drug-likeness (QED) is 0.327. The van der Waals surface area contributed by atoms with Crippen LogP contribution in [0.25, 0.3) is 0 Å². The zero-order valence-corrected chi connectivity index (χ0v) is 25.4. The van der Waals surface area contributed by atoms with Crippen molar-refractivity contribution >= 4 is 27.5 Å². The maximum atomic E-state index is 14.9. The average Bonchev–Trinajstić information content (AvgIpc) is 2.95. The lowest BCUT2D eigenvalue weighted by Gasteiger charge is -2.35. The molecule has 1 atom stereocenters. The Morgan fingerprint density at radius 3 is 2.26 bits per heavy atom. The second kappa shape index (κ2) is 14.0. The number of benzene rings is 3. The number of hydrogen-bond donors (Lipinski definition) is 1. The number of rotatable bonds is 11. The lowest BCUT2D eigenvalue weighted by atomic mass is 9.94. The Morgan fingerprint density at radius 2 is 1.62 bits per heavy atom. The number of amides is 2. The van der Waals surface area contributed by atoms with Crippen molar-refractivity contribution in [1.29, 1.82) is 0 Å². The average molecular weight is 594 g/mol. The molecule has 3 aromatic rings. The highest BCUT2D eigenvalue weighted by Gasteiger charge is 2.34. The maximum Gasteiger partial charge on any atom is 0.244 e. The van der Waals surface area contributed by atoms with Gasteiger partial charge >= 0.3 is 0 Å². The minimum absolute atomic E-state index is 0.00216. The van der Waals surface area contributed by atoms with E-state index in [1.165, 1.54) is 11.0 Å². The van der Waals surface area contributed by atoms with Crippen LogP contribution in [-0.2, 0) is 32.6 Å². The molecular formula is C33H40FN3O4S. The van der Waals surface area contributed by atoms with Crippen molar-refractivity contribution < 1.29 is 22.4 Å². The molecule has 4 rings (SSSR count). The number of aryl methyl sites for hydroxylation is 2. The Kier molecular flexibility index (Phi) is 10.4. The van der Waals surface area contributed by atoms with Gasteiger partial charge in [-0.05, 0) is 49.9 Å². The van der Waals surface area contributed by atoms with E-state index in [0.717, 1.165) is 53.8 Å². The molecule has 0 aliphatic heterocycles. The number of nitrogens with zero attached hydrogens (tertiary/aromatic N) is 2. The summed E-state index contributed by atoms with van der Waals surface area (Å²) in [6.07, 6.45) is 6.13. The van der Waals surface area contributed by atoms with E-state index in [2.05, 4.69) is 5.32 Å². The number of halogens is 1. The fourth-order valence-electron chi connectivity index (χ4n) is 5.59. The van der Waals surface area contributed by atoms with Crippen molar-refractivity contribution in [3.05, 3.63) is 101 Å². The molecule has 224 valence electrons. The third-order valence-corrected chi connectivity index (χ3v) is 8.95. The monoisotopic (exact) mass is 593 g/mol. The van der Waals surface area contributed by atoms with Gasteiger partial charge in [0.1, 0.15) is 18.4 Å². The van der Waals surface area contributed by atoms with E-state index in [-0.39, 0.29) is 30.5 Å². The molecule has 1 aliphatic carbocycles. The van der Waals surface area contributed by atoms with Crippen LogP contribution in [0.2, 0.25) is 0 Å². The van der Waals surface area contributed by atoms with E-state index in [1.54, 1.807) is 37.3 Å². The van der Waals surface area contributed by atoms with Crippen molar-refractivity contribution in [3.8, 4) is 0 Å². The molecule has 2 amide bonds.